The maximum Gasteiger partial charge on any atom is 0.421 e. The summed E-state index contributed by atoms with van der Waals surface area (Å²) in [5, 5.41) is 45.0. The second-order valence-electron chi connectivity index (χ2n) is 17.2. The van der Waals surface area contributed by atoms with Crippen LogP contribution in [0.25, 0.3) is 0 Å². The van der Waals surface area contributed by atoms with E-state index in [0.29, 0.717) is 39.1 Å². The summed E-state index contributed by atoms with van der Waals surface area (Å²) in [6, 6.07) is 40.2. The Morgan fingerprint density at radius 2 is 1.46 bits per heavy atom. The largest absolute Gasteiger partial charge is 0.491 e. The van der Waals surface area contributed by atoms with Gasteiger partial charge in [-0.25, -0.2) is 9.69 Å². The van der Waals surface area contributed by atoms with Crippen LogP contribution in [0, 0.1) is 27.9 Å². The zero-order chi connectivity index (χ0) is 49.6. The number of fused-ring (bicyclic) bond motifs is 3. The van der Waals surface area contributed by atoms with Gasteiger partial charge in [-0.1, -0.05) is 115 Å². The second kappa shape index (κ2) is 20.8. The number of morpholine rings is 1. The number of aliphatic hydroxyl groups is 3. The minimum absolute atomic E-state index is 0.0123. The third-order valence-electron chi connectivity index (χ3n) is 13.1. The molecule has 7 atom stereocenters. The summed E-state index contributed by atoms with van der Waals surface area (Å²) in [5.74, 6) is 2.10. The van der Waals surface area contributed by atoms with Gasteiger partial charge in [-0.05, 0) is 75.8 Å². The van der Waals surface area contributed by atoms with E-state index < -0.39 is 77.1 Å². The molecular formula is C55H48N4O12. The average Bonchev–Trinajstić information content (AvgIpc) is 3.86. The normalized spacial score (nSPS) is 21.6. The summed E-state index contributed by atoms with van der Waals surface area (Å²) < 4.78 is 18.1. The number of cyclic esters (lactones) is 1. The summed E-state index contributed by atoms with van der Waals surface area (Å²) >= 11 is 0. The van der Waals surface area contributed by atoms with Gasteiger partial charge in [0.15, 0.2) is 0 Å². The van der Waals surface area contributed by atoms with Crippen LogP contribution in [0.15, 0.2) is 158 Å². The van der Waals surface area contributed by atoms with Gasteiger partial charge in [0.1, 0.15) is 36.5 Å². The highest BCUT2D eigenvalue weighted by Gasteiger charge is 2.75. The molecule has 0 bridgehead atoms. The quantitative estimate of drug-likeness (QED) is 0.0395. The van der Waals surface area contributed by atoms with Crippen LogP contribution in [-0.4, -0.2) is 81.4 Å². The number of aliphatic hydroxyl groups excluding tert-OH is 3. The Kier molecular flexibility index (Phi) is 14.0. The number of anilines is 1. The van der Waals surface area contributed by atoms with Crippen molar-refractivity contribution in [3.63, 3.8) is 0 Å². The van der Waals surface area contributed by atoms with Gasteiger partial charge >= 0.3 is 12.1 Å². The molecule has 360 valence electrons. The predicted molar refractivity (Wildman–Crippen MR) is 257 cm³/mol. The molecule has 7 unspecified atom stereocenters. The number of nitrogens with zero attached hydrogens (tertiary/aromatic N) is 3. The lowest BCUT2D eigenvalue weighted by atomic mass is 9.65. The van der Waals surface area contributed by atoms with Crippen molar-refractivity contribution in [2.75, 3.05) is 31.3 Å². The SMILES string of the molecule is O=C1OC(c2ccccc2)C(c2ccccc2)N2C1C(C(=O)NCC(O)c1ccccc1)C1(C(=O)N(C(=O)OCc3ccc([N+](=O)[O-])cc3)c3ccc(C#CCCO)cc31)C2c1ccc(OCCO)cc1. The van der Waals surface area contributed by atoms with E-state index in [2.05, 4.69) is 17.2 Å². The van der Waals surface area contributed by atoms with Crippen molar-refractivity contribution in [3.8, 4) is 17.6 Å². The topological polar surface area (TPSA) is 218 Å². The predicted octanol–water partition coefficient (Wildman–Crippen LogP) is 6.55. The van der Waals surface area contributed by atoms with Gasteiger partial charge in [-0.3, -0.25) is 29.4 Å². The molecule has 71 heavy (non-hydrogen) atoms. The van der Waals surface area contributed by atoms with Crippen molar-refractivity contribution in [2.45, 2.75) is 48.8 Å². The summed E-state index contributed by atoms with van der Waals surface area (Å²) in [7, 11) is 0. The van der Waals surface area contributed by atoms with Crippen LogP contribution in [0.1, 0.15) is 69.7 Å². The molecule has 4 N–H and O–H groups in total. The highest BCUT2D eigenvalue weighted by Crippen LogP contribution is 2.66. The van der Waals surface area contributed by atoms with Crippen molar-refractivity contribution < 1.29 is 53.6 Å². The Morgan fingerprint density at radius 3 is 2.11 bits per heavy atom. The first-order valence-corrected chi connectivity index (χ1v) is 23.0. The molecule has 16 nitrogen and oxygen atoms in total. The van der Waals surface area contributed by atoms with Crippen molar-refractivity contribution >= 4 is 35.3 Å². The van der Waals surface area contributed by atoms with E-state index in [-0.39, 0.29) is 49.7 Å². The lowest BCUT2D eigenvalue weighted by molar-refractivity contribution is -0.384. The first-order chi connectivity index (χ1) is 34.6. The van der Waals surface area contributed by atoms with E-state index in [1.165, 1.54) is 30.3 Å². The molecule has 1 spiro atoms. The number of rotatable bonds is 14. The zero-order valence-corrected chi connectivity index (χ0v) is 38.1. The number of amides is 3. The lowest BCUT2D eigenvalue weighted by Crippen LogP contribution is -2.56. The summed E-state index contributed by atoms with van der Waals surface area (Å²) in [5.41, 5.74) is 0.820. The molecule has 0 saturated carbocycles. The fourth-order valence-corrected chi connectivity index (χ4v) is 10.1. The van der Waals surface area contributed by atoms with Gasteiger partial charge in [-0.15, -0.1) is 0 Å². The van der Waals surface area contributed by atoms with E-state index in [1.54, 1.807) is 66.7 Å². The monoisotopic (exact) mass is 956 g/mol. The zero-order valence-electron chi connectivity index (χ0n) is 38.1. The summed E-state index contributed by atoms with van der Waals surface area (Å²) in [6.07, 6.45) is -3.22. The van der Waals surface area contributed by atoms with Crippen LogP contribution in [0.3, 0.4) is 0 Å². The molecule has 9 rings (SSSR count). The lowest BCUT2D eigenvalue weighted by Gasteiger charge is -2.46. The number of imide groups is 1. The number of hydrogen-bond acceptors (Lipinski definition) is 13. The van der Waals surface area contributed by atoms with Crippen LogP contribution >= 0.6 is 0 Å². The van der Waals surface area contributed by atoms with Gasteiger partial charge in [0.05, 0.1) is 47.9 Å². The Bertz CT molecular complexity index is 2980. The van der Waals surface area contributed by atoms with E-state index >= 15 is 14.4 Å². The van der Waals surface area contributed by atoms with Gasteiger partial charge in [-0.2, -0.15) is 0 Å². The number of nitrogens with one attached hydrogen (secondary N) is 1. The maximum absolute atomic E-state index is 16.5. The Labute approximate surface area is 408 Å². The number of nitro benzene ring substituents is 1. The van der Waals surface area contributed by atoms with Gasteiger partial charge in [0.2, 0.25) is 11.8 Å². The highest BCUT2D eigenvalue weighted by molar-refractivity contribution is 6.23. The van der Waals surface area contributed by atoms with Crippen LogP contribution in [0.2, 0.25) is 0 Å². The minimum atomic E-state index is -2.19. The van der Waals surface area contributed by atoms with Crippen LogP contribution in [-0.2, 0) is 35.9 Å². The fourth-order valence-electron chi connectivity index (χ4n) is 10.1. The number of carbonyl (C=O) groups is 4. The van der Waals surface area contributed by atoms with Crippen molar-refractivity contribution in [1.29, 1.82) is 0 Å². The van der Waals surface area contributed by atoms with Gasteiger partial charge in [0.25, 0.3) is 5.69 Å². The highest BCUT2D eigenvalue weighted by atomic mass is 16.6. The number of ether oxygens (including phenoxy) is 3. The Balaban J connectivity index is 1.29. The Morgan fingerprint density at radius 1 is 0.803 bits per heavy atom. The van der Waals surface area contributed by atoms with E-state index in [0.717, 1.165) is 4.90 Å². The van der Waals surface area contributed by atoms with Crippen molar-refractivity contribution in [2.24, 2.45) is 5.92 Å². The van der Waals surface area contributed by atoms with Crippen molar-refractivity contribution in [1.82, 2.24) is 10.2 Å². The van der Waals surface area contributed by atoms with Crippen LogP contribution < -0.4 is 15.0 Å². The molecule has 2 fully saturated rings. The third kappa shape index (κ3) is 9.10. The first-order valence-electron chi connectivity index (χ1n) is 23.0. The molecule has 0 aliphatic carbocycles. The summed E-state index contributed by atoms with van der Waals surface area (Å²) in [6.45, 7) is -1.23. The van der Waals surface area contributed by atoms with Crippen LogP contribution in [0.5, 0.6) is 5.75 Å². The number of esters is 1. The number of hydrogen-bond donors (Lipinski definition) is 4. The standard InChI is InChI=1S/C55H48N4O12/c60-29-11-10-12-35-21-28-44-43(32-35)55(53(65)57(44)54(66)70-34-36-19-24-41(25-20-36)59(67)68)46(51(63)56-33-45(62)37-13-4-1-5-14-37)48-52(64)71-49(39-17-8-3-9-18-39)47(38-15-6-2-7-16-38)58(48)50(55)40-22-26-42(27-23-40)69-31-30-61/h1-9,13-28,32,45-50,60-62H,11,29-31,33-34H2,(H,56,63). The molecular weight excluding hydrogens is 909 g/mol. The molecule has 3 aliphatic heterocycles. The molecule has 3 amide bonds. The molecule has 6 aromatic carbocycles. The fraction of sp³-hybridized carbons (Fsp3) is 0.236. The van der Waals surface area contributed by atoms with Crippen molar-refractivity contribution in [3.05, 3.63) is 207 Å². The minimum Gasteiger partial charge on any atom is -0.491 e. The van der Waals surface area contributed by atoms with E-state index in [1.807, 2.05) is 65.6 Å². The van der Waals surface area contributed by atoms with Gasteiger partial charge in [0, 0.05) is 30.7 Å². The number of non-ortho nitro benzene ring substituents is 1. The number of nitro groups is 1. The molecule has 3 heterocycles. The number of benzene rings is 6. The van der Waals surface area contributed by atoms with E-state index in [4.69, 9.17) is 14.2 Å². The second-order valence-corrected chi connectivity index (χ2v) is 17.2. The molecule has 3 aliphatic rings. The number of carbonyl (C=O) groups excluding carboxylic acids is 4. The average molecular weight is 957 g/mol. The molecule has 2 saturated heterocycles. The maximum atomic E-state index is 16.5. The molecule has 16 heteroatoms. The smallest absolute Gasteiger partial charge is 0.421 e. The first kappa shape index (κ1) is 47.8. The summed E-state index contributed by atoms with van der Waals surface area (Å²) in [4.78, 5) is 75.9. The van der Waals surface area contributed by atoms with Gasteiger partial charge < -0.3 is 34.8 Å². The molecule has 0 aromatic heterocycles. The van der Waals surface area contributed by atoms with E-state index in [9.17, 15) is 30.2 Å². The molecule has 6 aromatic rings. The van der Waals surface area contributed by atoms with Crippen LogP contribution in [0.4, 0.5) is 16.2 Å². The third-order valence-corrected chi connectivity index (χ3v) is 13.1. The Hall–Kier alpha value is -8.20. The molecule has 0 radical (unpaired) electrons.